The topological polar surface area (TPSA) is 23.5 Å². The summed E-state index contributed by atoms with van der Waals surface area (Å²) in [4.78, 5) is 0. The summed E-state index contributed by atoms with van der Waals surface area (Å²) >= 11 is 0. The van der Waals surface area contributed by atoms with Crippen molar-refractivity contribution in [1.29, 1.82) is 0 Å². The van der Waals surface area contributed by atoms with E-state index in [9.17, 15) is 13.2 Å². The molecule has 1 aromatic carbocycles. The van der Waals surface area contributed by atoms with E-state index in [4.69, 9.17) is 5.21 Å². The van der Waals surface area contributed by atoms with E-state index < -0.39 is 11.7 Å². The number of alkyl halides is 3. The van der Waals surface area contributed by atoms with Gasteiger partial charge in [0.1, 0.15) is 0 Å². The molecule has 0 radical (unpaired) electrons. The third-order valence-electron chi connectivity index (χ3n) is 2.24. The lowest BCUT2D eigenvalue weighted by atomic mass is 10.1. The van der Waals surface area contributed by atoms with Crippen LogP contribution in [0.5, 0.6) is 0 Å². The predicted molar refractivity (Wildman–Crippen MR) is 42.5 cm³/mol. The van der Waals surface area contributed by atoms with E-state index >= 15 is 0 Å². The van der Waals surface area contributed by atoms with Gasteiger partial charge in [-0.3, -0.25) is 0 Å². The molecule has 0 saturated carbocycles. The van der Waals surface area contributed by atoms with E-state index in [0.717, 1.165) is 22.8 Å². The number of fused-ring (bicyclic) bond motifs is 1. The average molecular weight is 203 g/mol. The van der Waals surface area contributed by atoms with Crippen molar-refractivity contribution in [3.05, 3.63) is 34.9 Å². The SMILES string of the molecule is ON1Cc2ccc(C(F)(F)F)cc2C1. The Bertz CT molecular complexity index is 362. The van der Waals surface area contributed by atoms with Gasteiger partial charge in [-0.05, 0) is 23.3 Å². The largest absolute Gasteiger partial charge is 0.416 e. The van der Waals surface area contributed by atoms with Crippen LogP contribution in [0, 0.1) is 0 Å². The zero-order chi connectivity index (χ0) is 10.3. The van der Waals surface area contributed by atoms with Gasteiger partial charge in [-0.2, -0.15) is 18.2 Å². The molecule has 0 amide bonds. The second-order valence-corrected chi connectivity index (χ2v) is 3.30. The van der Waals surface area contributed by atoms with Gasteiger partial charge in [0.2, 0.25) is 0 Å². The van der Waals surface area contributed by atoms with Gasteiger partial charge >= 0.3 is 6.18 Å². The van der Waals surface area contributed by atoms with Crippen molar-refractivity contribution < 1.29 is 18.4 Å². The fourth-order valence-corrected chi connectivity index (χ4v) is 1.55. The van der Waals surface area contributed by atoms with Crippen molar-refractivity contribution in [3.8, 4) is 0 Å². The van der Waals surface area contributed by atoms with Gasteiger partial charge in [-0.1, -0.05) is 6.07 Å². The second kappa shape index (κ2) is 2.96. The molecule has 2 rings (SSSR count). The minimum atomic E-state index is -4.31. The lowest BCUT2D eigenvalue weighted by molar-refractivity contribution is -0.137. The Labute approximate surface area is 78.5 Å². The van der Waals surface area contributed by atoms with Gasteiger partial charge in [-0.15, -0.1) is 0 Å². The third kappa shape index (κ3) is 1.60. The third-order valence-corrected chi connectivity index (χ3v) is 2.24. The van der Waals surface area contributed by atoms with Gasteiger partial charge < -0.3 is 5.21 Å². The smallest absolute Gasteiger partial charge is 0.313 e. The summed E-state index contributed by atoms with van der Waals surface area (Å²) < 4.78 is 36.8. The normalized spacial score (nSPS) is 17.1. The average Bonchev–Trinajstić information content (AvgIpc) is 2.41. The molecule has 0 aliphatic carbocycles. The van der Waals surface area contributed by atoms with Gasteiger partial charge in [0.05, 0.1) is 5.56 Å². The molecule has 76 valence electrons. The van der Waals surface area contributed by atoms with Crippen molar-refractivity contribution in [2.24, 2.45) is 0 Å². The van der Waals surface area contributed by atoms with E-state index in [-0.39, 0.29) is 6.54 Å². The lowest BCUT2D eigenvalue weighted by Crippen LogP contribution is -2.08. The van der Waals surface area contributed by atoms with Crippen LogP contribution >= 0.6 is 0 Å². The van der Waals surface area contributed by atoms with Crippen molar-refractivity contribution in [3.63, 3.8) is 0 Å². The van der Waals surface area contributed by atoms with Crippen LogP contribution in [-0.2, 0) is 19.3 Å². The molecule has 5 heteroatoms. The van der Waals surface area contributed by atoms with Gasteiger partial charge in [0.15, 0.2) is 0 Å². The highest BCUT2D eigenvalue weighted by atomic mass is 19.4. The van der Waals surface area contributed by atoms with Crippen LogP contribution in [-0.4, -0.2) is 10.3 Å². The molecule has 0 atom stereocenters. The molecule has 0 spiro atoms. The Hall–Kier alpha value is -1.07. The summed E-state index contributed by atoms with van der Waals surface area (Å²) in [6.07, 6.45) is -4.31. The van der Waals surface area contributed by atoms with Crippen LogP contribution in [0.2, 0.25) is 0 Å². The zero-order valence-corrected chi connectivity index (χ0v) is 7.17. The first kappa shape index (κ1) is 9.48. The molecule has 1 N–H and O–H groups in total. The van der Waals surface area contributed by atoms with Crippen LogP contribution in [0.4, 0.5) is 13.2 Å². The molecule has 0 fully saturated rings. The van der Waals surface area contributed by atoms with Crippen molar-refractivity contribution in [2.75, 3.05) is 0 Å². The molecule has 1 heterocycles. The fraction of sp³-hybridized carbons (Fsp3) is 0.333. The summed E-state index contributed by atoms with van der Waals surface area (Å²) in [6.45, 7) is 0.465. The monoisotopic (exact) mass is 203 g/mol. The lowest BCUT2D eigenvalue weighted by Gasteiger charge is -2.07. The Morgan fingerprint density at radius 1 is 1.14 bits per heavy atom. The first-order valence-electron chi connectivity index (χ1n) is 4.09. The van der Waals surface area contributed by atoms with E-state index in [1.807, 2.05) is 0 Å². The first-order chi connectivity index (χ1) is 6.47. The number of benzene rings is 1. The van der Waals surface area contributed by atoms with Crippen LogP contribution in [0.3, 0.4) is 0 Å². The molecule has 0 saturated heterocycles. The quantitative estimate of drug-likeness (QED) is 0.699. The molecule has 0 bridgehead atoms. The zero-order valence-electron chi connectivity index (χ0n) is 7.17. The Morgan fingerprint density at radius 3 is 2.43 bits per heavy atom. The standard InChI is InChI=1S/C9H8F3NO/c10-9(11,12)8-2-1-6-4-13(14)5-7(6)3-8/h1-3,14H,4-5H2. The molecule has 1 aliphatic rings. The maximum atomic E-state index is 12.3. The van der Waals surface area contributed by atoms with Crippen LogP contribution in [0.1, 0.15) is 16.7 Å². The molecular weight excluding hydrogens is 195 g/mol. The maximum absolute atomic E-state index is 12.3. The molecule has 1 aromatic rings. The Morgan fingerprint density at radius 2 is 1.79 bits per heavy atom. The highest BCUT2D eigenvalue weighted by Crippen LogP contribution is 2.32. The summed E-state index contributed by atoms with van der Waals surface area (Å²) in [5, 5.41) is 10.1. The molecule has 1 aliphatic heterocycles. The number of hydroxylamine groups is 2. The predicted octanol–water partition coefficient (Wildman–Crippen LogP) is 2.41. The fourth-order valence-electron chi connectivity index (χ4n) is 1.55. The maximum Gasteiger partial charge on any atom is 0.416 e. The summed E-state index contributed by atoms with van der Waals surface area (Å²) in [6, 6.07) is 3.54. The summed E-state index contributed by atoms with van der Waals surface area (Å²) in [5.74, 6) is 0. The van der Waals surface area contributed by atoms with E-state index in [1.54, 1.807) is 0 Å². The van der Waals surface area contributed by atoms with Gasteiger partial charge in [0.25, 0.3) is 0 Å². The molecule has 0 aromatic heterocycles. The number of hydrogen-bond acceptors (Lipinski definition) is 2. The van der Waals surface area contributed by atoms with Crippen LogP contribution < -0.4 is 0 Å². The van der Waals surface area contributed by atoms with Crippen molar-refractivity contribution >= 4 is 0 Å². The Kier molecular flexibility index (Phi) is 2.01. The first-order valence-corrected chi connectivity index (χ1v) is 4.09. The van der Waals surface area contributed by atoms with E-state index in [2.05, 4.69) is 0 Å². The minimum Gasteiger partial charge on any atom is -0.313 e. The highest BCUT2D eigenvalue weighted by Gasteiger charge is 2.32. The van der Waals surface area contributed by atoms with Crippen molar-refractivity contribution in [2.45, 2.75) is 19.3 Å². The number of hydrogen-bond donors (Lipinski definition) is 1. The second-order valence-electron chi connectivity index (χ2n) is 3.30. The van der Waals surface area contributed by atoms with E-state index in [0.29, 0.717) is 12.1 Å². The van der Waals surface area contributed by atoms with E-state index in [1.165, 1.54) is 6.07 Å². The number of rotatable bonds is 0. The molecule has 2 nitrogen and oxygen atoms in total. The number of nitrogens with zero attached hydrogens (tertiary/aromatic N) is 1. The highest BCUT2D eigenvalue weighted by molar-refractivity contribution is 5.35. The molecular formula is C9H8F3NO. The summed E-state index contributed by atoms with van der Waals surface area (Å²) in [5.41, 5.74) is 0.634. The van der Waals surface area contributed by atoms with Crippen LogP contribution in [0.15, 0.2) is 18.2 Å². The minimum absolute atomic E-state index is 0.166. The number of halogens is 3. The molecule has 14 heavy (non-hydrogen) atoms. The molecule has 0 unspecified atom stereocenters. The van der Waals surface area contributed by atoms with Gasteiger partial charge in [0, 0.05) is 13.1 Å². The van der Waals surface area contributed by atoms with Crippen LogP contribution in [0.25, 0.3) is 0 Å². The summed E-state index contributed by atoms with van der Waals surface area (Å²) in [7, 11) is 0. The van der Waals surface area contributed by atoms with Crippen molar-refractivity contribution in [1.82, 2.24) is 5.06 Å². The van der Waals surface area contributed by atoms with Gasteiger partial charge in [-0.25, -0.2) is 0 Å². The Balaban J connectivity index is 2.38.